The van der Waals surface area contributed by atoms with Crippen molar-refractivity contribution in [1.82, 2.24) is 5.32 Å². The van der Waals surface area contributed by atoms with Gasteiger partial charge in [-0.25, -0.2) is 0 Å². The Hall–Kier alpha value is -0.580. The monoisotopic (exact) mass is 327 g/mol. The van der Waals surface area contributed by atoms with E-state index in [2.05, 4.69) is 47.2 Å². The molecule has 0 amide bonds. The maximum atomic E-state index is 6.17. The van der Waals surface area contributed by atoms with Gasteiger partial charge in [0.1, 0.15) is 11.9 Å². The van der Waals surface area contributed by atoms with Crippen molar-refractivity contribution in [2.45, 2.75) is 38.8 Å². The largest absolute Gasteiger partial charge is 0.490 e. The van der Waals surface area contributed by atoms with Gasteiger partial charge in [0.05, 0.1) is 13.2 Å². The number of hydrogen-bond donors (Lipinski definition) is 1. The molecule has 1 N–H and O–H groups in total. The van der Waals surface area contributed by atoms with Gasteiger partial charge in [0, 0.05) is 28.9 Å². The Morgan fingerprint density at radius 1 is 1.42 bits per heavy atom. The highest BCUT2D eigenvalue weighted by atomic mass is 79.9. The molecule has 4 heteroatoms. The number of hydrogen-bond acceptors (Lipinski definition) is 3. The maximum Gasteiger partial charge on any atom is 0.124 e. The molecule has 1 unspecified atom stereocenters. The molecule has 1 aromatic rings. The van der Waals surface area contributed by atoms with Crippen molar-refractivity contribution < 1.29 is 9.47 Å². The first-order chi connectivity index (χ1) is 9.20. The van der Waals surface area contributed by atoms with Crippen molar-refractivity contribution in [1.29, 1.82) is 0 Å². The summed E-state index contributed by atoms with van der Waals surface area (Å²) in [4.78, 5) is 0. The minimum absolute atomic E-state index is 0.280. The first-order valence-electron chi connectivity index (χ1n) is 6.98. The van der Waals surface area contributed by atoms with Crippen LogP contribution in [0, 0.1) is 0 Å². The molecule has 2 rings (SSSR count). The number of ether oxygens (including phenoxy) is 2. The minimum Gasteiger partial charge on any atom is -0.490 e. The molecule has 1 atom stereocenters. The van der Waals surface area contributed by atoms with Crippen LogP contribution in [-0.2, 0) is 4.74 Å². The predicted molar refractivity (Wildman–Crippen MR) is 80.7 cm³/mol. The molecule has 0 bridgehead atoms. The van der Waals surface area contributed by atoms with Gasteiger partial charge in [-0.15, -0.1) is 0 Å². The lowest BCUT2D eigenvalue weighted by Crippen LogP contribution is -2.27. The third-order valence-electron chi connectivity index (χ3n) is 3.41. The zero-order chi connectivity index (χ0) is 13.7. The van der Waals surface area contributed by atoms with E-state index in [-0.39, 0.29) is 12.1 Å². The Bertz CT molecular complexity index is 405. The van der Waals surface area contributed by atoms with E-state index in [1.54, 1.807) is 0 Å². The molecule has 0 aromatic heterocycles. The Kier molecular flexibility index (Phi) is 5.67. The van der Waals surface area contributed by atoms with Gasteiger partial charge in [-0.3, -0.25) is 0 Å². The molecule has 3 nitrogen and oxygen atoms in total. The van der Waals surface area contributed by atoms with Crippen molar-refractivity contribution in [2.75, 3.05) is 19.8 Å². The van der Waals surface area contributed by atoms with Crippen molar-refractivity contribution in [2.24, 2.45) is 0 Å². The first-order valence-corrected chi connectivity index (χ1v) is 7.77. The number of rotatable bonds is 5. The molecule has 106 valence electrons. The number of benzene rings is 1. The summed E-state index contributed by atoms with van der Waals surface area (Å²) in [7, 11) is 0. The summed E-state index contributed by atoms with van der Waals surface area (Å²) in [6, 6.07) is 6.53. The molecule has 1 aromatic carbocycles. The summed E-state index contributed by atoms with van der Waals surface area (Å²) in [5, 5.41) is 3.44. The normalized spacial score (nSPS) is 18.3. The van der Waals surface area contributed by atoms with E-state index in [0.29, 0.717) is 0 Å². The molecule has 1 fully saturated rings. The summed E-state index contributed by atoms with van der Waals surface area (Å²) in [6.07, 6.45) is 2.23. The summed E-state index contributed by atoms with van der Waals surface area (Å²) in [5.41, 5.74) is 1.21. The Balaban J connectivity index is 2.13. The van der Waals surface area contributed by atoms with Crippen molar-refractivity contribution in [3.8, 4) is 5.75 Å². The van der Waals surface area contributed by atoms with Crippen LogP contribution < -0.4 is 10.1 Å². The van der Waals surface area contributed by atoms with Gasteiger partial charge in [0.15, 0.2) is 0 Å². The molecule has 1 heterocycles. The third-order valence-corrected chi connectivity index (χ3v) is 3.90. The minimum atomic E-state index is 0.280. The van der Waals surface area contributed by atoms with E-state index in [9.17, 15) is 0 Å². The standard InChI is InChI=1S/C15H22BrNO2/c1-3-17-11(2)14-10-12(16)4-5-15(14)19-13-6-8-18-9-7-13/h4-5,10-11,13,17H,3,6-9H2,1-2H3. The van der Waals surface area contributed by atoms with Crippen LogP contribution in [0.15, 0.2) is 22.7 Å². The molecular formula is C15H22BrNO2. The van der Waals surface area contributed by atoms with E-state index >= 15 is 0 Å². The van der Waals surface area contributed by atoms with E-state index in [0.717, 1.165) is 42.8 Å². The SMILES string of the molecule is CCNC(C)c1cc(Br)ccc1OC1CCOCC1. The Labute approximate surface area is 123 Å². The molecule has 0 saturated carbocycles. The van der Waals surface area contributed by atoms with Crippen LogP contribution in [0.4, 0.5) is 0 Å². The van der Waals surface area contributed by atoms with Gasteiger partial charge >= 0.3 is 0 Å². The number of halogens is 1. The third kappa shape index (κ3) is 4.20. The van der Waals surface area contributed by atoms with Crippen molar-refractivity contribution in [3.63, 3.8) is 0 Å². The van der Waals surface area contributed by atoms with Gasteiger partial charge in [-0.2, -0.15) is 0 Å². The molecule has 1 aliphatic heterocycles. The Morgan fingerprint density at radius 2 is 2.16 bits per heavy atom. The molecule has 1 saturated heterocycles. The second-order valence-electron chi connectivity index (χ2n) is 4.89. The van der Waals surface area contributed by atoms with Gasteiger partial charge < -0.3 is 14.8 Å². The fourth-order valence-corrected chi connectivity index (χ4v) is 2.73. The summed E-state index contributed by atoms with van der Waals surface area (Å²) >= 11 is 3.54. The fourth-order valence-electron chi connectivity index (χ4n) is 2.35. The van der Waals surface area contributed by atoms with Gasteiger partial charge in [-0.05, 0) is 31.7 Å². The van der Waals surface area contributed by atoms with E-state index in [1.165, 1.54) is 5.56 Å². The van der Waals surface area contributed by atoms with Crippen LogP contribution >= 0.6 is 15.9 Å². The van der Waals surface area contributed by atoms with Crippen LogP contribution in [-0.4, -0.2) is 25.9 Å². The highest BCUT2D eigenvalue weighted by Crippen LogP contribution is 2.30. The quantitative estimate of drug-likeness (QED) is 0.894. The zero-order valence-electron chi connectivity index (χ0n) is 11.6. The fraction of sp³-hybridized carbons (Fsp3) is 0.600. The Morgan fingerprint density at radius 3 is 2.84 bits per heavy atom. The van der Waals surface area contributed by atoms with E-state index < -0.39 is 0 Å². The second kappa shape index (κ2) is 7.27. The van der Waals surface area contributed by atoms with E-state index in [4.69, 9.17) is 9.47 Å². The lowest BCUT2D eigenvalue weighted by Gasteiger charge is -2.26. The van der Waals surface area contributed by atoms with Crippen molar-refractivity contribution >= 4 is 15.9 Å². The molecule has 1 aliphatic rings. The molecule has 0 radical (unpaired) electrons. The van der Waals surface area contributed by atoms with Gasteiger partial charge in [-0.1, -0.05) is 22.9 Å². The smallest absolute Gasteiger partial charge is 0.124 e. The van der Waals surface area contributed by atoms with Crippen LogP contribution in [0.25, 0.3) is 0 Å². The highest BCUT2D eigenvalue weighted by Gasteiger charge is 2.18. The van der Waals surface area contributed by atoms with Crippen LogP contribution in [0.1, 0.15) is 38.3 Å². The average molecular weight is 328 g/mol. The average Bonchev–Trinajstić information content (AvgIpc) is 2.42. The topological polar surface area (TPSA) is 30.5 Å². The number of nitrogens with one attached hydrogen (secondary N) is 1. The van der Waals surface area contributed by atoms with Gasteiger partial charge in [0.2, 0.25) is 0 Å². The molecule has 0 aliphatic carbocycles. The van der Waals surface area contributed by atoms with Gasteiger partial charge in [0.25, 0.3) is 0 Å². The van der Waals surface area contributed by atoms with Crippen molar-refractivity contribution in [3.05, 3.63) is 28.2 Å². The molecule has 19 heavy (non-hydrogen) atoms. The lowest BCUT2D eigenvalue weighted by atomic mass is 10.1. The molecular weight excluding hydrogens is 306 g/mol. The second-order valence-corrected chi connectivity index (χ2v) is 5.81. The summed E-state index contributed by atoms with van der Waals surface area (Å²) < 4.78 is 12.6. The van der Waals surface area contributed by atoms with Crippen LogP contribution in [0.2, 0.25) is 0 Å². The highest BCUT2D eigenvalue weighted by molar-refractivity contribution is 9.10. The van der Waals surface area contributed by atoms with E-state index in [1.807, 2.05) is 6.07 Å². The molecule has 0 spiro atoms. The zero-order valence-corrected chi connectivity index (χ0v) is 13.2. The van der Waals surface area contributed by atoms with Crippen LogP contribution in [0.3, 0.4) is 0 Å². The first kappa shape index (κ1) is 14.8. The van der Waals surface area contributed by atoms with Crippen LogP contribution in [0.5, 0.6) is 5.75 Å². The summed E-state index contributed by atoms with van der Waals surface area (Å²) in [6.45, 7) is 6.85. The maximum absolute atomic E-state index is 6.17. The summed E-state index contributed by atoms with van der Waals surface area (Å²) in [5.74, 6) is 0.989. The lowest BCUT2D eigenvalue weighted by molar-refractivity contribution is 0.0250. The predicted octanol–water partition coefficient (Wildman–Crippen LogP) is 3.68.